The van der Waals surface area contributed by atoms with Crippen molar-refractivity contribution in [2.24, 2.45) is 4.99 Å². The number of benzene rings is 1. The summed E-state index contributed by atoms with van der Waals surface area (Å²) < 4.78 is 1.74. The Balaban J connectivity index is 2.35. The minimum absolute atomic E-state index is 0.396. The molecular formula is C13H14Cl2N4S. The van der Waals surface area contributed by atoms with E-state index in [4.69, 9.17) is 28.6 Å². The van der Waals surface area contributed by atoms with Crippen LogP contribution in [0.15, 0.2) is 29.3 Å². The lowest BCUT2D eigenvalue weighted by Crippen LogP contribution is -2.28. The van der Waals surface area contributed by atoms with Crippen molar-refractivity contribution >= 4 is 46.4 Å². The Labute approximate surface area is 131 Å². The van der Waals surface area contributed by atoms with Gasteiger partial charge in [-0.2, -0.15) is 0 Å². The zero-order valence-electron chi connectivity index (χ0n) is 11.1. The van der Waals surface area contributed by atoms with Crippen molar-refractivity contribution < 1.29 is 0 Å². The number of nitrogens with zero attached hydrogens (tertiary/aromatic N) is 2. The maximum atomic E-state index is 7.95. The molecular weight excluding hydrogens is 315 g/mol. The molecule has 1 heterocycles. The molecule has 0 bridgehead atoms. The highest BCUT2D eigenvalue weighted by molar-refractivity contribution is 7.07. The first-order chi connectivity index (χ1) is 9.51. The maximum Gasteiger partial charge on any atom is 0.218 e. The fourth-order valence-electron chi connectivity index (χ4n) is 1.64. The maximum absolute atomic E-state index is 7.95. The second-order valence-electron chi connectivity index (χ2n) is 4.08. The summed E-state index contributed by atoms with van der Waals surface area (Å²) >= 11 is 13.4. The Morgan fingerprint density at radius 1 is 1.35 bits per heavy atom. The molecule has 0 saturated carbocycles. The molecule has 0 amide bonds. The van der Waals surface area contributed by atoms with Crippen LogP contribution in [0.2, 0.25) is 10.0 Å². The first-order valence-corrected chi connectivity index (χ1v) is 7.55. The Kier molecular flexibility index (Phi) is 4.86. The standard InChI is InChI=1S/C13H14Cl2N4S/c1-3-17-13(19-12(16)6-8(2)20-19)18-9-4-5-10(14)11(15)7-9/h4-7,16H,3H2,1-2H3,(H,17,18). The van der Waals surface area contributed by atoms with Crippen LogP contribution in [0, 0.1) is 12.3 Å². The highest BCUT2D eigenvalue weighted by Gasteiger charge is 2.08. The van der Waals surface area contributed by atoms with Crippen molar-refractivity contribution in [2.45, 2.75) is 13.8 Å². The molecule has 106 valence electrons. The molecule has 0 saturated heterocycles. The summed E-state index contributed by atoms with van der Waals surface area (Å²) in [7, 11) is 0. The van der Waals surface area contributed by atoms with Crippen LogP contribution in [-0.2, 0) is 0 Å². The van der Waals surface area contributed by atoms with Gasteiger partial charge >= 0.3 is 0 Å². The number of aromatic nitrogens is 1. The molecule has 2 rings (SSSR count). The van der Waals surface area contributed by atoms with E-state index in [1.54, 1.807) is 22.2 Å². The predicted octanol–water partition coefficient (Wildman–Crippen LogP) is 3.98. The lowest BCUT2D eigenvalue weighted by Gasteiger charge is -2.10. The Bertz CT molecular complexity index is 703. The van der Waals surface area contributed by atoms with E-state index < -0.39 is 0 Å². The van der Waals surface area contributed by atoms with Gasteiger partial charge in [-0.3, -0.25) is 10.4 Å². The molecule has 0 aliphatic rings. The SMILES string of the molecule is CCN=C(Nc1ccc(Cl)c(Cl)c1)n1sc(C)cc1=N. The summed E-state index contributed by atoms with van der Waals surface area (Å²) in [6.45, 7) is 4.52. The fraction of sp³-hybridized carbons (Fsp3) is 0.231. The molecule has 7 heteroatoms. The summed E-state index contributed by atoms with van der Waals surface area (Å²) in [5, 5.41) is 12.1. The van der Waals surface area contributed by atoms with Gasteiger partial charge in [0.2, 0.25) is 5.96 Å². The lowest BCUT2D eigenvalue weighted by molar-refractivity contribution is 1.03. The molecule has 0 unspecified atom stereocenters. The highest BCUT2D eigenvalue weighted by atomic mass is 35.5. The summed E-state index contributed by atoms with van der Waals surface area (Å²) in [4.78, 5) is 5.45. The summed E-state index contributed by atoms with van der Waals surface area (Å²) in [5.41, 5.74) is 1.18. The number of halogens is 2. The summed E-state index contributed by atoms with van der Waals surface area (Å²) in [6.07, 6.45) is 0. The van der Waals surface area contributed by atoms with E-state index in [1.165, 1.54) is 11.5 Å². The summed E-state index contributed by atoms with van der Waals surface area (Å²) in [6, 6.07) is 7.08. The molecule has 2 aromatic rings. The van der Waals surface area contributed by atoms with Gasteiger partial charge in [0.05, 0.1) is 10.0 Å². The van der Waals surface area contributed by atoms with E-state index in [2.05, 4.69) is 10.3 Å². The molecule has 0 atom stereocenters. The summed E-state index contributed by atoms with van der Waals surface area (Å²) in [5.74, 6) is 0.606. The van der Waals surface area contributed by atoms with E-state index in [-0.39, 0.29) is 0 Å². The monoisotopic (exact) mass is 328 g/mol. The number of hydrogen-bond acceptors (Lipinski definition) is 3. The second-order valence-corrected chi connectivity index (χ2v) is 6.08. The van der Waals surface area contributed by atoms with Gasteiger partial charge in [-0.05, 0) is 38.1 Å². The van der Waals surface area contributed by atoms with Gasteiger partial charge in [0, 0.05) is 17.1 Å². The van der Waals surface area contributed by atoms with Crippen molar-refractivity contribution in [3.8, 4) is 0 Å². The van der Waals surface area contributed by atoms with Crippen LogP contribution in [0.3, 0.4) is 0 Å². The van der Waals surface area contributed by atoms with E-state index >= 15 is 0 Å². The normalized spacial score (nSPS) is 11.7. The molecule has 2 N–H and O–H groups in total. The van der Waals surface area contributed by atoms with Crippen molar-refractivity contribution in [1.82, 2.24) is 3.96 Å². The topological polar surface area (TPSA) is 53.2 Å². The van der Waals surface area contributed by atoms with Gasteiger partial charge in [0.1, 0.15) is 5.49 Å². The lowest BCUT2D eigenvalue weighted by atomic mass is 10.3. The van der Waals surface area contributed by atoms with Gasteiger partial charge < -0.3 is 5.32 Å². The Hall–Kier alpha value is -1.30. The first-order valence-electron chi connectivity index (χ1n) is 6.02. The van der Waals surface area contributed by atoms with E-state index in [0.29, 0.717) is 28.0 Å². The molecule has 0 spiro atoms. The van der Waals surface area contributed by atoms with Crippen LogP contribution in [0.1, 0.15) is 11.8 Å². The number of hydrogen-bond donors (Lipinski definition) is 2. The molecule has 0 aliphatic heterocycles. The van der Waals surface area contributed by atoms with E-state index in [1.807, 2.05) is 19.9 Å². The van der Waals surface area contributed by atoms with Gasteiger partial charge in [0.15, 0.2) is 0 Å². The fourth-order valence-corrected chi connectivity index (χ4v) is 2.73. The minimum Gasteiger partial charge on any atom is -0.325 e. The molecule has 0 aliphatic carbocycles. The van der Waals surface area contributed by atoms with Crippen LogP contribution >= 0.6 is 34.7 Å². The third-order valence-electron chi connectivity index (χ3n) is 2.47. The van der Waals surface area contributed by atoms with Crippen LogP contribution < -0.4 is 10.8 Å². The number of aryl methyl sites for hydroxylation is 1. The number of nitrogens with one attached hydrogen (secondary N) is 2. The zero-order valence-corrected chi connectivity index (χ0v) is 13.4. The van der Waals surface area contributed by atoms with Crippen molar-refractivity contribution in [1.29, 1.82) is 5.41 Å². The first kappa shape index (κ1) is 15.1. The number of rotatable bonds is 2. The zero-order chi connectivity index (χ0) is 14.7. The van der Waals surface area contributed by atoms with Crippen LogP contribution in [0.4, 0.5) is 5.69 Å². The highest BCUT2D eigenvalue weighted by Crippen LogP contribution is 2.25. The second kappa shape index (κ2) is 6.43. The van der Waals surface area contributed by atoms with Gasteiger partial charge in [0.25, 0.3) is 0 Å². The van der Waals surface area contributed by atoms with E-state index in [9.17, 15) is 0 Å². The average Bonchev–Trinajstić information content (AvgIpc) is 2.72. The van der Waals surface area contributed by atoms with Crippen LogP contribution in [0.25, 0.3) is 0 Å². The third kappa shape index (κ3) is 3.42. The van der Waals surface area contributed by atoms with Crippen LogP contribution in [-0.4, -0.2) is 16.5 Å². The smallest absolute Gasteiger partial charge is 0.218 e. The van der Waals surface area contributed by atoms with Gasteiger partial charge in [-0.25, -0.2) is 3.96 Å². The van der Waals surface area contributed by atoms with Crippen LogP contribution in [0.5, 0.6) is 0 Å². The predicted molar refractivity (Wildman–Crippen MR) is 86.4 cm³/mol. The molecule has 4 nitrogen and oxygen atoms in total. The minimum atomic E-state index is 0.396. The largest absolute Gasteiger partial charge is 0.325 e. The van der Waals surface area contributed by atoms with Crippen molar-refractivity contribution in [3.05, 3.63) is 44.7 Å². The molecule has 0 fully saturated rings. The average molecular weight is 329 g/mol. The third-order valence-corrected chi connectivity index (χ3v) is 4.17. The number of anilines is 1. The molecule has 1 aromatic heterocycles. The van der Waals surface area contributed by atoms with E-state index in [0.717, 1.165) is 10.6 Å². The Morgan fingerprint density at radius 2 is 2.10 bits per heavy atom. The number of aliphatic imine (C=N–C) groups is 1. The molecule has 1 aromatic carbocycles. The Morgan fingerprint density at radius 3 is 2.65 bits per heavy atom. The molecule has 0 radical (unpaired) electrons. The van der Waals surface area contributed by atoms with Crippen molar-refractivity contribution in [2.75, 3.05) is 11.9 Å². The molecule has 20 heavy (non-hydrogen) atoms. The quantitative estimate of drug-likeness (QED) is 0.635. The van der Waals surface area contributed by atoms with Gasteiger partial charge in [-0.15, -0.1) is 0 Å². The van der Waals surface area contributed by atoms with Gasteiger partial charge in [-0.1, -0.05) is 34.7 Å². The van der Waals surface area contributed by atoms with Crippen molar-refractivity contribution in [3.63, 3.8) is 0 Å².